The number of ether oxygens (including phenoxy) is 1. The van der Waals surface area contributed by atoms with Crippen molar-refractivity contribution in [1.29, 1.82) is 0 Å². The molecule has 4 heteroatoms. The van der Waals surface area contributed by atoms with E-state index in [1.807, 2.05) is 0 Å². The molecular weight excluding hydrogens is 240 g/mol. The summed E-state index contributed by atoms with van der Waals surface area (Å²) >= 11 is 5.82. The molecule has 0 amide bonds. The van der Waals surface area contributed by atoms with Crippen LogP contribution in [0.5, 0.6) is 0 Å². The molecule has 0 atom stereocenters. The van der Waals surface area contributed by atoms with Gasteiger partial charge in [0.25, 0.3) is 0 Å². The maximum Gasteiger partial charge on any atom is 0.302 e. The molecule has 0 spiro atoms. The van der Waals surface area contributed by atoms with Gasteiger partial charge in [0.2, 0.25) is 0 Å². The predicted molar refractivity (Wildman–Crippen MR) is 72.4 cm³/mol. The van der Waals surface area contributed by atoms with E-state index in [1.165, 1.54) is 39.0 Å². The lowest BCUT2D eigenvalue weighted by atomic mass is 10.0. The molecule has 1 saturated carbocycles. The van der Waals surface area contributed by atoms with E-state index >= 15 is 0 Å². The van der Waals surface area contributed by atoms with E-state index in [-0.39, 0.29) is 12.1 Å². The number of carbonyl (C=O) groups is 1. The zero-order valence-electron chi connectivity index (χ0n) is 11.5. The van der Waals surface area contributed by atoms with Crippen molar-refractivity contribution in [3.8, 4) is 0 Å². The SMILES string of the molecule is CC(C)O.CCOC(C)=O.ClC1CCCCC1. The van der Waals surface area contributed by atoms with Gasteiger partial charge in [-0.1, -0.05) is 19.3 Å². The Hall–Kier alpha value is -0.280. The quantitative estimate of drug-likeness (QED) is 0.584. The molecule has 0 radical (unpaired) electrons. The first kappa shape index (κ1) is 19.1. The molecule has 1 fully saturated rings. The van der Waals surface area contributed by atoms with Crippen molar-refractivity contribution in [2.45, 2.75) is 71.3 Å². The van der Waals surface area contributed by atoms with Crippen LogP contribution in [0.2, 0.25) is 0 Å². The van der Waals surface area contributed by atoms with Crippen LogP contribution in [0.25, 0.3) is 0 Å². The third-order valence-corrected chi connectivity index (χ3v) is 2.32. The lowest BCUT2D eigenvalue weighted by Crippen LogP contribution is -2.03. The Morgan fingerprint density at radius 3 is 1.88 bits per heavy atom. The summed E-state index contributed by atoms with van der Waals surface area (Å²) in [6, 6.07) is 0. The monoisotopic (exact) mass is 266 g/mol. The van der Waals surface area contributed by atoms with Gasteiger partial charge < -0.3 is 9.84 Å². The fourth-order valence-electron chi connectivity index (χ4n) is 1.26. The second-order valence-corrected chi connectivity index (χ2v) is 4.87. The average Bonchev–Trinajstić information content (AvgIpc) is 2.18. The number of esters is 1. The Bertz CT molecular complexity index is 163. The summed E-state index contributed by atoms with van der Waals surface area (Å²) in [5.41, 5.74) is 0. The smallest absolute Gasteiger partial charge is 0.302 e. The van der Waals surface area contributed by atoms with Crippen LogP contribution in [-0.2, 0) is 9.53 Å². The summed E-state index contributed by atoms with van der Waals surface area (Å²) in [6.07, 6.45) is 6.45. The molecule has 3 nitrogen and oxygen atoms in total. The van der Waals surface area contributed by atoms with Gasteiger partial charge in [0.1, 0.15) is 0 Å². The van der Waals surface area contributed by atoms with Gasteiger partial charge in [-0.25, -0.2) is 0 Å². The van der Waals surface area contributed by atoms with Crippen molar-refractivity contribution >= 4 is 17.6 Å². The lowest BCUT2D eigenvalue weighted by molar-refractivity contribution is -0.140. The molecule has 17 heavy (non-hydrogen) atoms. The Morgan fingerprint density at radius 1 is 1.35 bits per heavy atom. The van der Waals surface area contributed by atoms with E-state index in [0.717, 1.165) is 0 Å². The highest BCUT2D eigenvalue weighted by atomic mass is 35.5. The largest absolute Gasteiger partial charge is 0.466 e. The summed E-state index contributed by atoms with van der Waals surface area (Å²) < 4.78 is 4.40. The zero-order chi connectivity index (χ0) is 13.7. The molecular formula is C13H27ClO3. The van der Waals surface area contributed by atoms with Crippen molar-refractivity contribution in [3.63, 3.8) is 0 Å². The standard InChI is InChI=1S/C6H11Cl.C4H8O2.C3H8O/c7-6-4-2-1-3-5-6;1-3-6-4(2)5;1-3(2)4/h6H,1-5H2;3H2,1-2H3;3-4H,1-2H3. The molecule has 104 valence electrons. The number of aliphatic hydroxyl groups excluding tert-OH is 1. The van der Waals surface area contributed by atoms with Gasteiger partial charge >= 0.3 is 5.97 Å². The number of hydrogen-bond acceptors (Lipinski definition) is 3. The molecule has 0 aromatic carbocycles. The maximum atomic E-state index is 9.82. The first-order valence-electron chi connectivity index (χ1n) is 6.35. The number of carbonyl (C=O) groups excluding carboxylic acids is 1. The Balaban J connectivity index is 0. The van der Waals surface area contributed by atoms with Gasteiger partial charge in [-0.2, -0.15) is 0 Å². The van der Waals surface area contributed by atoms with Crippen molar-refractivity contribution in [1.82, 2.24) is 0 Å². The van der Waals surface area contributed by atoms with Gasteiger partial charge in [0.05, 0.1) is 6.61 Å². The highest BCUT2D eigenvalue weighted by Crippen LogP contribution is 2.21. The van der Waals surface area contributed by atoms with Crippen molar-refractivity contribution in [2.24, 2.45) is 0 Å². The average molecular weight is 267 g/mol. The first-order chi connectivity index (χ1) is 7.90. The Labute approximate surface area is 110 Å². The van der Waals surface area contributed by atoms with Crippen LogP contribution >= 0.6 is 11.6 Å². The predicted octanol–water partition coefficient (Wildman–Crippen LogP) is 3.51. The number of alkyl halides is 1. The number of halogens is 1. The molecule has 1 aliphatic rings. The fraction of sp³-hybridized carbons (Fsp3) is 0.923. The minimum atomic E-state index is -0.211. The molecule has 0 aromatic rings. The van der Waals surface area contributed by atoms with Crippen LogP contribution in [0.4, 0.5) is 0 Å². The summed E-state index contributed by atoms with van der Waals surface area (Å²) in [4.78, 5) is 9.82. The van der Waals surface area contributed by atoms with E-state index < -0.39 is 0 Å². The number of hydrogen-bond donors (Lipinski definition) is 1. The minimum Gasteiger partial charge on any atom is -0.466 e. The van der Waals surface area contributed by atoms with Gasteiger partial charge in [0, 0.05) is 18.4 Å². The summed E-state index contributed by atoms with van der Waals surface area (Å²) in [7, 11) is 0. The lowest BCUT2D eigenvalue weighted by Gasteiger charge is -2.13. The van der Waals surface area contributed by atoms with E-state index in [1.54, 1.807) is 20.8 Å². The molecule has 1 rings (SSSR count). The molecule has 1 N–H and O–H groups in total. The van der Waals surface area contributed by atoms with Crippen LogP contribution in [0.3, 0.4) is 0 Å². The van der Waals surface area contributed by atoms with E-state index in [9.17, 15) is 4.79 Å². The summed E-state index contributed by atoms with van der Waals surface area (Å²) in [5.74, 6) is -0.211. The van der Waals surface area contributed by atoms with Crippen molar-refractivity contribution in [2.75, 3.05) is 6.61 Å². The van der Waals surface area contributed by atoms with Gasteiger partial charge in [-0.05, 0) is 33.6 Å². The van der Waals surface area contributed by atoms with Gasteiger partial charge in [-0.3, -0.25) is 4.79 Å². The Morgan fingerprint density at radius 2 is 1.76 bits per heavy atom. The first-order valence-corrected chi connectivity index (χ1v) is 6.79. The molecule has 0 saturated heterocycles. The molecule has 0 unspecified atom stereocenters. The fourth-order valence-corrected chi connectivity index (χ4v) is 1.56. The molecule has 0 aromatic heterocycles. The second kappa shape index (κ2) is 13.8. The van der Waals surface area contributed by atoms with Gasteiger partial charge in [-0.15, -0.1) is 11.6 Å². The molecule has 1 aliphatic carbocycles. The normalized spacial score (nSPS) is 15.2. The third-order valence-electron chi connectivity index (χ3n) is 1.88. The molecule has 0 bridgehead atoms. The van der Waals surface area contributed by atoms with Crippen LogP contribution in [0.1, 0.15) is 59.8 Å². The second-order valence-electron chi connectivity index (χ2n) is 4.25. The summed E-state index contributed by atoms with van der Waals surface area (Å²) in [6.45, 7) is 7.10. The van der Waals surface area contributed by atoms with Crippen LogP contribution in [0.15, 0.2) is 0 Å². The topological polar surface area (TPSA) is 46.5 Å². The third kappa shape index (κ3) is 25.7. The van der Waals surface area contributed by atoms with E-state index in [4.69, 9.17) is 16.7 Å². The highest BCUT2D eigenvalue weighted by Gasteiger charge is 2.08. The van der Waals surface area contributed by atoms with Crippen LogP contribution in [0, 0.1) is 0 Å². The maximum absolute atomic E-state index is 9.82. The number of rotatable bonds is 1. The van der Waals surface area contributed by atoms with Crippen molar-refractivity contribution < 1.29 is 14.6 Å². The van der Waals surface area contributed by atoms with E-state index in [0.29, 0.717) is 12.0 Å². The summed E-state index contributed by atoms with van der Waals surface area (Å²) in [5, 5.41) is 8.56. The molecule has 0 aliphatic heterocycles. The minimum absolute atomic E-state index is 0.167. The van der Waals surface area contributed by atoms with Crippen LogP contribution in [-0.4, -0.2) is 29.2 Å². The Kier molecular flexibility index (Phi) is 15.5. The molecule has 0 heterocycles. The number of aliphatic hydroxyl groups is 1. The van der Waals surface area contributed by atoms with Crippen LogP contribution < -0.4 is 0 Å². The van der Waals surface area contributed by atoms with E-state index in [2.05, 4.69) is 4.74 Å². The van der Waals surface area contributed by atoms with Crippen molar-refractivity contribution in [3.05, 3.63) is 0 Å². The highest BCUT2D eigenvalue weighted by molar-refractivity contribution is 6.20. The van der Waals surface area contributed by atoms with Gasteiger partial charge in [0.15, 0.2) is 0 Å². The zero-order valence-corrected chi connectivity index (χ0v) is 12.3.